The van der Waals surface area contributed by atoms with E-state index in [1.165, 1.54) is 24.5 Å². The number of nitrogens with zero attached hydrogens (tertiary/aromatic N) is 1. The Morgan fingerprint density at radius 2 is 2.19 bits per heavy atom. The van der Waals surface area contributed by atoms with Gasteiger partial charge in [0.2, 0.25) is 0 Å². The van der Waals surface area contributed by atoms with Crippen molar-refractivity contribution in [1.82, 2.24) is 4.31 Å². The van der Waals surface area contributed by atoms with Crippen LogP contribution in [0.4, 0.5) is 0 Å². The number of hydrogen-bond acceptors (Lipinski definition) is 5. The fraction of sp³-hybridized carbons (Fsp3) is 0.556. The van der Waals surface area contributed by atoms with Gasteiger partial charge in [-0.1, -0.05) is 0 Å². The van der Waals surface area contributed by atoms with Crippen molar-refractivity contribution in [2.24, 2.45) is 0 Å². The fourth-order valence-electron chi connectivity index (χ4n) is 1.08. The molecule has 0 saturated carbocycles. The van der Waals surface area contributed by atoms with E-state index in [2.05, 4.69) is 0 Å². The Morgan fingerprint density at radius 3 is 2.69 bits per heavy atom. The van der Waals surface area contributed by atoms with Gasteiger partial charge in [-0.3, -0.25) is 0 Å². The Hall–Kier alpha value is -0.470. The number of aliphatic hydroxyl groups is 1. The third-order valence-electron chi connectivity index (χ3n) is 2.07. The highest BCUT2D eigenvalue weighted by Crippen LogP contribution is 2.23. The molecular formula is C9H15NO4S2. The summed E-state index contributed by atoms with van der Waals surface area (Å²) < 4.78 is 30.2. The summed E-state index contributed by atoms with van der Waals surface area (Å²) in [6.07, 6.45) is 0. The predicted octanol–water partition coefficient (Wildman–Crippen LogP) is 0.507. The van der Waals surface area contributed by atoms with E-state index in [9.17, 15) is 8.42 Å². The molecule has 0 unspecified atom stereocenters. The van der Waals surface area contributed by atoms with Crippen molar-refractivity contribution in [1.29, 1.82) is 0 Å². The number of ether oxygens (including phenoxy) is 1. The van der Waals surface area contributed by atoms with E-state index in [1.54, 1.807) is 6.07 Å². The summed E-state index contributed by atoms with van der Waals surface area (Å²) in [7, 11) is -0.410. The predicted molar refractivity (Wildman–Crippen MR) is 61.9 cm³/mol. The van der Waals surface area contributed by atoms with Crippen LogP contribution in [0.3, 0.4) is 0 Å². The van der Waals surface area contributed by atoms with Crippen molar-refractivity contribution in [3.8, 4) is 0 Å². The second-order valence-corrected chi connectivity index (χ2v) is 6.64. The summed E-state index contributed by atoms with van der Waals surface area (Å²) in [5.74, 6) is 0. The molecule has 1 aromatic heterocycles. The summed E-state index contributed by atoms with van der Waals surface area (Å²) in [6.45, 7) is 0.529. The zero-order valence-electron chi connectivity index (χ0n) is 9.21. The van der Waals surface area contributed by atoms with Crippen LogP contribution >= 0.6 is 11.3 Å². The van der Waals surface area contributed by atoms with Gasteiger partial charge in [-0.05, 0) is 12.1 Å². The van der Waals surface area contributed by atoms with Gasteiger partial charge in [0.05, 0.1) is 13.2 Å². The topological polar surface area (TPSA) is 66.8 Å². The molecule has 0 spiro atoms. The molecule has 7 heteroatoms. The van der Waals surface area contributed by atoms with Crippen molar-refractivity contribution in [3.63, 3.8) is 0 Å². The lowest BCUT2D eigenvalue weighted by Gasteiger charge is -2.14. The summed E-state index contributed by atoms with van der Waals surface area (Å²) in [6, 6.07) is 3.12. The molecule has 0 aliphatic rings. The molecule has 1 rings (SSSR count). The second kappa shape index (κ2) is 5.74. The van der Waals surface area contributed by atoms with Crippen LogP contribution in [-0.4, -0.2) is 45.1 Å². The molecule has 0 fully saturated rings. The molecule has 0 bridgehead atoms. The van der Waals surface area contributed by atoms with Crippen LogP contribution < -0.4 is 0 Å². The molecule has 0 amide bonds. The monoisotopic (exact) mass is 265 g/mol. The normalized spacial score (nSPS) is 12.2. The van der Waals surface area contributed by atoms with Crippen LogP contribution in [0.1, 0.15) is 4.88 Å². The molecule has 1 N–H and O–H groups in total. The van der Waals surface area contributed by atoms with E-state index < -0.39 is 10.0 Å². The van der Waals surface area contributed by atoms with Crippen molar-refractivity contribution < 1.29 is 18.3 Å². The molecule has 1 heterocycles. The standard InChI is InChI=1S/C9H15NO4S2/c1-10(5-6-14-2)16(12,13)9-4-3-8(7-11)15-9/h3-4,11H,5-7H2,1-2H3. The van der Waals surface area contributed by atoms with Crippen molar-refractivity contribution in [2.75, 3.05) is 27.3 Å². The molecule has 0 aliphatic carbocycles. The van der Waals surface area contributed by atoms with Gasteiger partial charge in [0.15, 0.2) is 0 Å². The zero-order chi connectivity index (χ0) is 12.2. The van der Waals surface area contributed by atoms with Gasteiger partial charge in [-0.15, -0.1) is 11.3 Å². The second-order valence-electron chi connectivity index (χ2n) is 3.20. The number of thiophene rings is 1. The van der Waals surface area contributed by atoms with Gasteiger partial charge >= 0.3 is 0 Å². The average Bonchev–Trinajstić information content (AvgIpc) is 2.74. The van der Waals surface area contributed by atoms with Gasteiger partial charge in [0.25, 0.3) is 10.0 Å². The molecule has 16 heavy (non-hydrogen) atoms. The third kappa shape index (κ3) is 3.02. The van der Waals surface area contributed by atoms with Crippen molar-refractivity contribution in [2.45, 2.75) is 10.8 Å². The van der Waals surface area contributed by atoms with Crippen molar-refractivity contribution in [3.05, 3.63) is 17.0 Å². The Labute approximate surface area is 99.3 Å². The minimum absolute atomic E-state index is 0.137. The van der Waals surface area contributed by atoms with E-state index >= 15 is 0 Å². The number of sulfonamides is 1. The molecule has 1 aromatic rings. The molecule has 92 valence electrons. The van der Waals surface area contributed by atoms with Crippen LogP contribution in [-0.2, 0) is 21.4 Å². The minimum atomic E-state index is -3.44. The van der Waals surface area contributed by atoms with Gasteiger partial charge < -0.3 is 9.84 Å². The number of likely N-dealkylation sites (N-methyl/N-ethyl adjacent to an activating group) is 1. The van der Waals surface area contributed by atoms with Crippen LogP contribution in [0, 0.1) is 0 Å². The maximum Gasteiger partial charge on any atom is 0.252 e. The van der Waals surface area contributed by atoms with Crippen molar-refractivity contribution >= 4 is 21.4 Å². The molecule has 0 saturated heterocycles. The lowest BCUT2D eigenvalue weighted by molar-refractivity contribution is 0.185. The largest absolute Gasteiger partial charge is 0.391 e. The third-order valence-corrected chi connectivity index (χ3v) is 5.46. The minimum Gasteiger partial charge on any atom is -0.391 e. The van der Waals surface area contributed by atoms with E-state index in [-0.39, 0.29) is 10.8 Å². The number of rotatable bonds is 6. The van der Waals surface area contributed by atoms with Gasteiger partial charge in [-0.25, -0.2) is 8.42 Å². The van der Waals surface area contributed by atoms with Crippen LogP contribution in [0.25, 0.3) is 0 Å². The molecule has 0 atom stereocenters. The van der Waals surface area contributed by atoms with Gasteiger partial charge in [0.1, 0.15) is 4.21 Å². The van der Waals surface area contributed by atoms with Gasteiger partial charge in [-0.2, -0.15) is 4.31 Å². The number of methoxy groups -OCH3 is 1. The van der Waals surface area contributed by atoms with E-state index in [0.717, 1.165) is 11.3 Å². The summed E-state index contributed by atoms with van der Waals surface area (Å²) in [5.41, 5.74) is 0. The quantitative estimate of drug-likeness (QED) is 0.813. The Bertz CT molecular complexity index is 426. The van der Waals surface area contributed by atoms with Crippen LogP contribution in [0.15, 0.2) is 16.3 Å². The highest BCUT2D eigenvalue weighted by Gasteiger charge is 2.22. The zero-order valence-corrected chi connectivity index (χ0v) is 10.8. The average molecular weight is 265 g/mol. The number of hydrogen-bond donors (Lipinski definition) is 1. The van der Waals surface area contributed by atoms with E-state index in [4.69, 9.17) is 9.84 Å². The summed E-state index contributed by atoms with van der Waals surface area (Å²) in [5, 5.41) is 8.88. The summed E-state index contributed by atoms with van der Waals surface area (Å²) in [4.78, 5) is 0.638. The van der Waals surface area contributed by atoms with Crippen LogP contribution in [0.2, 0.25) is 0 Å². The first kappa shape index (κ1) is 13.6. The lowest BCUT2D eigenvalue weighted by Crippen LogP contribution is -2.29. The molecule has 5 nitrogen and oxygen atoms in total. The maximum absolute atomic E-state index is 12.0. The molecular weight excluding hydrogens is 250 g/mol. The van der Waals surface area contributed by atoms with Gasteiger partial charge in [0, 0.05) is 25.6 Å². The SMILES string of the molecule is COCCN(C)S(=O)(=O)c1ccc(CO)s1. The first-order chi connectivity index (χ1) is 7.52. The summed E-state index contributed by atoms with van der Waals surface area (Å²) >= 11 is 1.08. The number of aliphatic hydroxyl groups excluding tert-OH is 1. The van der Waals surface area contributed by atoms with Crippen LogP contribution in [0.5, 0.6) is 0 Å². The smallest absolute Gasteiger partial charge is 0.252 e. The molecule has 0 aromatic carbocycles. The first-order valence-electron chi connectivity index (χ1n) is 4.67. The molecule has 0 aliphatic heterocycles. The van der Waals surface area contributed by atoms with E-state index in [0.29, 0.717) is 18.0 Å². The van der Waals surface area contributed by atoms with E-state index in [1.807, 2.05) is 0 Å². The maximum atomic E-state index is 12.0. The molecule has 0 radical (unpaired) electrons. The fourth-order valence-corrected chi connectivity index (χ4v) is 3.66. The highest BCUT2D eigenvalue weighted by molar-refractivity contribution is 7.91. The first-order valence-corrected chi connectivity index (χ1v) is 6.93. The Morgan fingerprint density at radius 1 is 1.50 bits per heavy atom. The highest BCUT2D eigenvalue weighted by atomic mass is 32.2. The Kier molecular flexibility index (Phi) is 4.88. The Balaban J connectivity index is 2.84. The lowest BCUT2D eigenvalue weighted by atomic mass is 10.5.